The van der Waals surface area contributed by atoms with Crippen molar-refractivity contribution in [2.75, 3.05) is 13.2 Å². The quantitative estimate of drug-likeness (QED) is 0.572. The normalized spacial score (nSPS) is 36.2. The van der Waals surface area contributed by atoms with E-state index < -0.39 is 8.32 Å². The molecule has 5 heteroatoms. The van der Waals surface area contributed by atoms with Gasteiger partial charge >= 0.3 is 0 Å². The molecule has 5 atom stereocenters. The summed E-state index contributed by atoms with van der Waals surface area (Å²) in [5, 5.41) is 11.1. The largest absolute Gasteiger partial charge is 0.414 e. The molecule has 4 fully saturated rings. The van der Waals surface area contributed by atoms with Crippen LogP contribution in [0.3, 0.4) is 0 Å². The number of rotatable bonds is 6. The molecular formula is C24H44O4Si. The molecule has 0 aromatic heterocycles. The van der Waals surface area contributed by atoms with Crippen molar-refractivity contribution in [2.45, 2.75) is 115 Å². The van der Waals surface area contributed by atoms with E-state index >= 15 is 0 Å². The Kier molecular flexibility index (Phi) is 6.29. The van der Waals surface area contributed by atoms with Gasteiger partial charge in [-0.15, -0.1) is 0 Å². The van der Waals surface area contributed by atoms with E-state index in [0.29, 0.717) is 43.0 Å². The SMILES string of the molecule is CC(C)(C)[Si](C)(C)OC(CCC1C(O)CC2C1CC21OCCO1)C1CCCCC1. The molecule has 0 radical (unpaired) electrons. The molecule has 0 aromatic carbocycles. The molecule has 0 amide bonds. The van der Waals surface area contributed by atoms with Crippen LogP contribution in [0.2, 0.25) is 18.1 Å². The van der Waals surface area contributed by atoms with Gasteiger partial charge in [-0.1, -0.05) is 40.0 Å². The number of hydrogen-bond acceptors (Lipinski definition) is 4. The molecule has 29 heavy (non-hydrogen) atoms. The minimum atomic E-state index is -1.79. The summed E-state index contributed by atoms with van der Waals surface area (Å²) in [5.74, 6) is 1.73. The lowest BCUT2D eigenvalue weighted by Crippen LogP contribution is -2.54. The highest BCUT2D eigenvalue weighted by molar-refractivity contribution is 6.74. The van der Waals surface area contributed by atoms with Gasteiger partial charge < -0.3 is 19.0 Å². The van der Waals surface area contributed by atoms with E-state index in [1.165, 1.54) is 32.1 Å². The molecule has 4 nitrogen and oxygen atoms in total. The molecule has 1 N–H and O–H groups in total. The van der Waals surface area contributed by atoms with Gasteiger partial charge in [-0.3, -0.25) is 0 Å². The van der Waals surface area contributed by atoms with Gasteiger partial charge in [-0.2, -0.15) is 0 Å². The maximum Gasteiger partial charge on any atom is 0.192 e. The van der Waals surface area contributed by atoms with Crippen LogP contribution in [0.25, 0.3) is 0 Å². The summed E-state index contributed by atoms with van der Waals surface area (Å²) in [6, 6.07) is 0. The van der Waals surface area contributed by atoms with Crippen LogP contribution in [0, 0.1) is 23.7 Å². The van der Waals surface area contributed by atoms with Crippen LogP contribution in [0.1, 0.15) is 78.6 Å². The fourth-order valence-corrected chi connectivity index (χ4v) is 7.75. The third kappa shape index (κ3) is 4.24. The molecule has 1 aliphatic heterocycles. The zero-order valence-corrected chi connectivity index (χ0v) is 20.4. The lowest BCUT2D eigenvalue weighted by Gasteiger charge is -2.49. The molecule has 4 rings (SSSR count). The first kappa shape index (κ1) is 22.3. The molecule has 4 aliphatic rings. The zero-order valence-electron chi connectivity index (χ0n) is 19.4. The number of aliphatic hydroxyl groups excluding tert-OH is 1. The molecular weight excluding hydrogens is 380 g/mol. The number of ether oxygens (including phenoxy) is 2. The molecule has 168 valence electrons. The predicted octanol–water partition coefficient (Wildman–Crippen LogP) is 5.50. The molecule has 1 saturated heterocycles. The van der Waals surface area contributed by atoms with Gasteiger partial charge in [0.1, 0.15) is 0 Å². The minimum Gasteiger partial charge on any atom is -0.414 e. The Morgan fingerprint density at radius 2 is 1.76 bits per heavy atom. The van der Waals surface area contributed by atoms with Crippen molar-refractivity contribution < 1.29 is 19.0 Å². The summed E-state index contributed by atoms with van der Waals surface area (Å²) in [5.41, 5.74) is 0. The summed E-state index contributed by atoms with van der Waals surface area (Å²) < 4.78 is 18.9. The van der Waals surface area contributed by atoms with E-state index in [1.54, 1.807) is 0 Å². The third-order valence-corrected chi connectivity index (χ3v) is 13.6. The van der Waals surface area contributed by atoms with Crippen molar-refractivity contribution in [1.82, 2.24) is 0 Å². The lowest BCUT2D eigenvalue weighted by molar-refractivity contribution is -0.272. The molecule has 1 spiro atoms. The van der Waals surface area contributed by atoms with Crippen molar-refractivity contribution in [2.24, 2.45) is 23.7 Å². The van der Waals surface area contributed by atoms with Crippen LogP contribution >= 0.6 is 0 Å². The maximum atomic E-state index is 10.9. The lowest BCUT2D eigenvalue weighted by atomic mass is 9.66. The van der Waals surface area contributed by atoms with Crippen LogP contribution in [-0.2, 0) is 13.9 Å². The first-order valence-electron chi connectivity index (χ1n) is 12.3. The number of aliphatic hydroxyl groups is 1. The summed E-state index contributed by atoms with van der Waals surface area (Å²) in [4.78, 5) is 0. The van der Waals surface area contributed by atoms with Gasteiger partial charge in [0.2, 0.25) is 0 Å². The molecule has 0 aromatic rings. The molecule has 5 unspecified atom stereocenters. The summed E-state index contributed by atoms with van der Waals surface area (Å²) in [6.07, 6.45) is 11.0. The average molecular weight is 425 g/mol. The average Bonchev–Trinajstić information content (AvgIpc) is 3.24. The van der Waals surface area contributed by atoms with Crippen molar-refractivity contribution >= 4 is 8.32 Å². The highest BCUT2D eigenvalue weighted by Crippen LogP contribution is 2.60. The Morgan fingerprint density at radius 3 is 2.38 bits per heavy atom. The smallest absolute Gasteiger partial charge is 0.192 e. The van der Waals surface area contributed by atoms with E-state index in [-0.39, 0.29) is 16.9 Å². The fourth-order valence-electron chi connectivity index (χ4n) is 6.33. The topological polar surface area (TPSA) is 47.9 Å². The molecule has 1 heterocycles. The van der Waals surface area contributed by atoms with E-state index in [4.69, 9.17) is 13.9 Å². The number of hydrogen-bond donors (Lipinski definition) is 1. The van der Waals surface area contributed by atoms with Gasteiger partial charge in [0.15, 0.2) is 14.1 Å². The van der Waals surface area contributed by atoms with Gasteiger partial charge in [0, 0.05) is 18.4 Å². The van der Waals surface area contributed by atoms with Crippen LogP contribution < -0.4 is 0 Å². The predicted molar refractivity (Wildman–Crippen MR) is 118 cm³/mol. The molecule has 0 bridgehead atoms. The standard InChI is InChI=1S/C24H44O4Si/c1-23(2,3)29(4,5)28-22(17-9-7-6-8-10-17)12-11-18-19-16-24(26-13-14-27-24)20(19)15-21(18)25/h17-22,25H,6-16H2,1-5H3. The summed E-state index contributed by atoms with van der Waals surface area (Å²) >= 11 is 0. The van der Waals surface area contributed by atoms with Crippen molar-refractivity contribution in [3.63, 3.8) is 0 Å². The summed E-state index contributed by atoms with van der Waals surface area (Å²) in [7, 11) is -1.79. The van der Waals surface area contributed by atoms with Gasteiger partial charge in [-0.05, 0) is 68.0 Å². The molecule has 3 saturated carbocycles. The van der Waals surface area contributed by atoms with E-state index in [9.17, 15) is 5.11 Å². The van der Waals surface area contributed by atoms with Crippen molar-refractivity contribution in [3.8, 4) is 0 Å². The van der Waals surface area contributed by atoms with Gasteiger partial charge in [0.05, 0.1) is 19.3 Å². The minimum absolute atomic E-state index is 0.197. The van der Waals surface area contributed by atoms with Crippen molar-refractivity contribution in [1.29, 1.82) is 0 Å². The van der Waals surface area contributed by atoms with Gasteiger partial charge in [-0.25, -0.2) is 0 Å². The third-order valence-electron chi connectivity index (χ3n) is 9.13. The monoisotopic (exact) mass is 424 g/mol. The highest BCUT2D eigenvalue weighted by atomic mass is 28.4. The highest BCUT2D eigenvalue weighted by Gasteiger charge is 2.64. The fraction of sp³-hybridized carbons (Fsp3) is 1.00. The Bertz CT molecular complexity index is 560. The second kappa shape index (κ2) is 8.20. The van der Waals surface area contributed by atoms with Crippen LogP contribution in [0.4, 0.5) is 0 Å². The second-order valence-electron chi connectivity index (χ2n) is 11.8. The Morgan fingerprint density at radius 1 is 1.10 bits per heavy atom. The van der Waals surface area contributed by atoms with Gasteiger partial charge in [0.25, 0.3) is 0 Å². The first-order valence-corrected chi connectivity index (χ1v) is 15.2. The van der Waals surface area contributed by atoms with Crippen molar-refractivity contribution in [3.05, 3.63) is 0 Å². The van der Waals surface area contributed by atoms with E-state index in [0.717, 1.165) is 25.7 Å². The first-order chi connectivity index (χ1) is 13.6. The van der Waals surface area contributed by atoms with Crippen LogP contribution in [-0.4, -0.2) is 44.6 Å². The van der Waals surface area contributed by atoms with E-state index in [2.05, 4.69) is 33.9 Å². The Hall–Kier alpha value is 0.0569. The number of fused-ring (bicyclic) bond motifs is 2. The molecule has 3 aliphatic carbocycles. The summed E-state index contributed by atoms with van der Waals surface area (Å²) in [6.45, 7) is 13.3. The van der Waals surface area contributed by atoms with Crippen LogP contribution in [0.5, 0.6) is 0 Å². The zero-order chi connectivity index (χ0) is 20.9. The van der Waals surface area contributed by atoms with Crippen LogP contribution in [0.15, 0.2) is 0 Å². The van der Waals surface area contributed by atoms with E-state index in [1.807, 2.05) is 0 Å². The second-order valence-corrected chi connectivity index (χ2v) is 16.6. The Labute approximate surface area is 179 Å². The maximum absolute atomic E-state index is 10.9. The Balaban J connectivity index is 1.40.